The first-order valence-electron chi connectivity index (χ1n) is 8.73. The molecule has 1 aliphatic heterocycles. The highest BCUT2D eigenvalue weighted by Gasteiger charge is 2.39. The lowest BCUT2D eigenvalue weighted by molar-refractivity contribution is -0.128. The van der Waals surface area contributed by atoms with Crippen LogP contribution < -0.4 is 5.32 Å². The average molecular weight is 436 g/mol. The lowest BCUT2D eigenvalue weighted by atomic mass is 10.2. The molecule has 152 valence electrons. The van der Waals surface area contributed by atoms with Crippen molar-refractivity contribution in [3.8, 4) is 0 Å². The topological polar surface area (TPSA) is 95.9 Å². The summed E-state index contributed by atoms with van der Waals surface area (Å²) in [6.07, 6.45) is -0.121. The minimum Gasteiger partial charge on any atom is -0.326 e. The highest BCUT2D eigenvalue weighted by atomic mass is 32.2. The molecule has 0 aliphatic carbocycles. The number of thioether (sulfide) groups is 1. The lowest BCUT2D eigenvalue weighted by Crippen LogP contribution is -2.33. The second-order valence-corrected chi connectivity index (χ2v) is 8.88. The largest absolute Gasteiger partial charge is 0.326 e. The van der Waals surface area contributed by atoms with E-state index >= 15 is 0 Å². The predicted molar refractivity (Wildman–Crippen MR) is 109 cm³/mol. The Morgan fingerprint density at radius 2 is 1.83 bits per heavy atom. The van der Waals surface area contributed by atoms with Crippen LogP contribution in [0.4, 0.5) is 10.1 Å². The maximum absolute atomic E-state index is 13.1. The van der Waals surface area contributed by atoms with E-state index in [9.17, 15) is 22.4 Å². The monoisotopic (exact) mass is 435 g/mol. The molecule has 2 aromatic rings. The van der Waals surface area contributed by atoms with E-state index in [1.807, 2.05) is 6.07 Å². The predicted octanol–water partition coefficient (Wildman–Crippen LogP) is 2.86. The van der Waals surface area contributed by atoms with Gasteiger partial charge in [0, 0.05) is 18.7 Å². The maximum Gasteiger partial charge on any atom is 0.284 e. The second kappa shape index (κ2) is 8.75. The van der Waals surface area contributed by atoms with Crippen LogP contribution in [0, 0.1) is 5.82 Å². The van der Waals surface area contributed by atoms with Gasteiger partial charge < -0.3 is 5.32 Å². The molecule has 2 amide bonds. The quantitative estimate of drug-likeness (QED) is 0.753. The Kier molecular flexibility index (Phi) is 6.33. The van der Waals surface area contributed by atoms with E-state index in [2.05, 4.69) is 9.71 Å². The summed E-state index contributed by atoms with van der Waals surface area (Å²) in [6.45, 7) is 1.89. The number of para-hydroxylation sites is 1. The number of rotatable bonds is 6. The number of nitrogens with zero attached hydrogens (tertiary/aromatic N) is 2. The van der Waals surface area contributed by atoms with Crippen LogP contribution in [-0.4, -0.2) is 42.1 Å². The SMILES string of the molecule is CCN1C(=O)[C@@H](CC(=O)Nc2ccccc2)SC1=NS(=O)(=O)c1ccc(F)cc1. The molecule has 10 heteroatoms. The van der Waals surface area contributed by atoms with Crippen LogP contribution in [0.5, 0.6) is 0 Å². The van der Waals surface area contributed by atoms with Crippen LogP contribution in [0.1, 0.15) is 13.3 Å². The van der Waals surface area contributed by atoms with Gasteiger partial charge in [-0.05, 0) is 43.3 Å². The molecule has 1 saturated heterocycles. The fourth-order valence-electron chi connectivity index (χ4n) is 2.66. The van der Waals surface area contributed by atoms with Crippen molar-refractivity contribution in [2.24, 2.45) is 4.40 Å². The maximum atomic E-state index is 13.1. The lowest BCUT2D eigenvalue weighted by Gasteiger charge is -2.13. The summed E-state index contributed by atoms with van der Waals surface area (Å²) in [6, 6.07) is 13.1. The fraction of sp³-hybridized carbons (Fsp3) is 0.211. The van der Waals surface area contributed by atoms with Crippen molar-refractivity contribution >= 4 is 44.5 Å². The van der Waals surface area contributed by atoms with Gasteiger partial charge in [0.2, 0.25) is 11.8 Å². The van der Waals surface area contributed by atoms with Gasteiger partial charge in [0.25, 0.3) is 10.0 Å². The van der Waals surface area contributed by atoms with Gasteiger partial charge >= 0.3 is 0 Å². The molecule has 0 unspecified atom stereocenters. The third kappa shape index (κ3) is 5.01. The number of benzene rings is 2. The molecule has 3 rings (SSSR count). The summed E-state index contributed by atoms with van der Waals surface area (Å²) < 4.78 is 41.8. The van der Waals surface area contributed by atoms with E-state index in [0.717, 1.165) is 36.0 Å². The zero-order valence-electron chi connectivity index (χ0n) is 15.4. The van der Waals surface area contributed by atoms with Gasteiger partial charge in [-0.25, -0.2) is 4.39 Å². The van der Waals surface area contributed by atoms with E-state index in [-0.39, 0.29) is 34.8 Å². The number of anilines is 1. The molecule has 1 heterocycles. The van der Waals surface area contributed by atoms with E-state index in [1.165, 1.54) is 4.90 Å². The summed E-state index contributed by atoms with van der Waals surface area (Å²) in [5.74, 6) is -1.31. The first-order chi connectivity index (χ1) is 13.8. The molecule has 0 saturated carbocycles. The van der Waals surface area contributed by atoms with Crippen molar-refractivity contribution in [2.75, 3.05) is 11.9 Å². The van der Waals surface area contributed by atoms with Crippen LogP contribution in [0.15, 0.2) is 63.9 Å². The minimum atomic E-state index is -4.12. The summed E-state index contributed by atoms with van der Waals surface area (Å²) in [7, 11) is -4.12. The number of amides is 2. The molecule has 0 radical (unpaired) electrons. The van der Waals surface area contributed by atoms with Gasteiger partial charge in [0.15, 0.2) is 5.17 Å². The van der Waals surface area contributed by atoms with Crippen LogP contribution in [0.2, 0.25) is 0 Å². The Morgan fingerprint density at radius 1 is 1.17 bits per heavy atom. The number of nitrogens with one attached hydrogen (secondary N) is 1. The summed E-state index contributed by atoms with van der Waals surface area (Å²) in [4.78, 5) is 25.9. The molecule has 29 heavy (non-hydrogen) atoms. The Balaban J connectivity index is 1.77. The van der Waals surface area contributed by atoms with Crippen molar-refractivity contribution in [3.05, 3.63) is 60.4 Å². The van der Waals surface area contributed by atoms with Crippen molar-refractivity contribution in [2.45, 2.75) is 23.5 Å². The smallest absolute Gasteiger partial charge is 0.284 e. The Bertz CT molecular complexity index is 1040. The third-order valence-electron chi connectivity index (χ3n) is 4.07. The number of carbonyl (C=O) groups is 2. The van der Waals surface area contributed by atoms with Crippen molar-refractivity contribution in [1.29, 1.82) is 0 Å². The minimum absolute atomic E-state index is 0.000615. The van der Waals surface area contributed by atoms with Gasteiger partial charge in [-0.1, -0.05) is 30.0 Å². The highest BCUT2D eigenvalue weighted by Crippen LogP contribution is 2.31. The molecule has 0 bridgehead atoms. The zero-order chi connectivity index (χ0) is 21.0. The van der Waals surface area contributed by atoms with Gasteiger partial charge in [-0.2, -0.15) is 8.42 Å². The number of halogens is 1. The molecule has 0 spiro atoms. The van der Waals surface area contributed by atoms with E-state index < -0.39 is 21.1 Å². The summed E-state index contributed by atoms with van der Waals surface area (Å²) >= 11 is 0.927. The molecule has 7 nitrogen and oxygen atoms in total. The molecule has 2 aromatic carbocycles. The number of sulfonamides is 1. The standard InChI is InChI=1S/C19H18FN3O4S2/c1-2-23-18(25)16(12-17(24)21-14-6-4-3-5-7-14)28-19(23)22-29(26,27)15-10-8-13(20)9-11-15/h3-11,16H,2,12H2,1H3,(H,21,24)/t16-/m1/s1. The molecular formula is C19H18FN3O4S2. The van der Waals surface area contributed by atoms with Crippen LogP contribution >= 0.6 is 11.8 Å². The molecule has 1 atom stereocenters. The Labute approximate surface area is 172 Å². The van der Waals surface area contributed by atoms with Crippen molar-refractivity contribution < 1.29 is 22.4 Å². The van der Waals surface area contributed by atoms with Crippen molar-refractivity contribution in [1.82, 2.24) is 4.90 Å². The summed E-state index contributed by atoms with van der Waals surface area (Å²) in [5, 5.41) is 1.92. The van der Waals surface area contributed by atoms with E-state index in [0.29, 0.717) is 5.69 Å². The molecular weight excluding hydrogens is 417 g/mol. The second-order valence-electron chi connectivity index (χ2n) is 6.11. The molecule has 0 aromatic heterocycles. The first-order valence-corrected chi connectivity index (χ1v) is 11.1. The molecule has 1 fully saturated rings. The summed E-state index contributed by atoms with van der Waals surface area (Å²) in [5.41, 5.74) is 0.605. The Hall–Kier alpha value is -2.72. The number of carbonyl (C=O) groups excluding carboxylic acids is 2. The molecule has 1 N–H and O–H groups in total. The van der Waals surface area contributed by atoms with E-state index in [4.69, 9.17) is 0 Å². The van der Waals surface area contributed by atoms with Gasteiger partial charge in [0.1, 0.15) is 11.1 Å². The normalized spacial score (nSPS) is 18.3. The van der Waals surface area contributed by atoms with Gasteiger partial charge in [-0.15, -0.1) is 4.40 Å². The van der Waals surface area contributed by atoms with E-state index in [1.54, 1.807) is 31.2 Å². The van der Waals surface area contributed by atoms with Crippen LogP contribution in [-0.2, 0) is 19.6 Å². The highest BCUT2D eigenvalue weighted by molar-refractivity contribution is 8.16. The van der Waals surface area contributed by atoms with Gasteiger partial charge in [0.05, 0.1) is 4.90 Å². The van der Waals surface area contributed by atoms with Crippen molar-refractivity contribution in [3.63, 3.8) is 0 Å². The molecule has 1 aliphatic rings. The van der Waals surface area contributed by atoms with Crippen LogP contribution in [0.3, 0.4) is 0 Å². The fourth-order valence-corrected chi connectivity index (χ4v) is 5.08. The number of hydrogen-bond donors (Lipinski definition) is 1. The van der Waals surface area contributed by atoms with Crippen LogP contribution in [0.25, 0.3) is 0 Å². The van der Waals surface area contributed by atoms with Gasteiger partial charge in [-0.3, -0.25) is 14.5 Å². The zero-order valence-corrected chi connectivity index (χ0v) is 17.0. The Morgan fingerprint density at radius 3 is 2.45 bits per heavy atom. The number of hydrogen-bond acceptors (Lipinski definition) is 5. The third-order valence-corrected chi connectivity index (χ3v) is 6.65. The first kappa shape index (κ1) is 21.0. The number of amidine groups is 1. The average Bonchev–Trinajstić information content (AvgIpc) is 2.96.